The Labute approximate surface area is 140 Å². The lowest BCUT2D eigenvalue weighted by Crippen LogP contribution is -2.25. The van der Waals surface area contributed by atoms with Crippen LogP contribution in [0.3, 0.4) is 0 Å². The molecule has 24 heavy (non-hydrogen) atoms. The lowest BCUT2D eigenvalue weighted by Gasteiger charge is -2.09. The number of carbonyl (C=O) groups excluding carboxylic acids is 2. The minimum absolute atomic E-state index is 0.0494. The van der Waals surface area contributed by atoms with Gasteiger partial charge < -0.3 is 20.3 Å². The quantitative estimate of drug-likeness (QED) is 0.682. The molecule has 1 saturated carbocycles. The SMILES string of the molecule is O=C(NCCCO)c1ccc(NC(=O)c2cccn2C2CC2)cc1. The summed E-state index contributed by atoms with van der Waals surface area (Å²) in [6.45, 7) is 0.486. The van der Waals surface area contributed by atoms with Crippen molar-refractivity contribution in [3.63, 3.8) is 0 Å². The molecule has 3 N–H and O–H groups in total. The van der Waals surface area contributed by atoms with Crippen LogP contribution in [0.2, 0.25) is 0 Å². The number of hydrogen-bond donors (Lipinski definition) is 3. The zero-order valence-corrected chi connectivity index (χ0v) is 13.4. The zero-order chi connectivity index (χ0) is 16.9. The largest absolute Gasteiger partial charge is 0.396 e. The molecule has 1 aliphatic rings. The molecule has 1 aromatic carbocycles. The molecular formula is C18H21N3O3. The van der Waals surface area contributed by atoms with Crippen molar-refractivity contribution >= 4 is 17.5 Å². The molecule has 2 aromatic rings. The van der Waals surface area contributed by atoms with Gasteiger partial charge in [-0.3, -0.25) is 9.59 Å². The van der Waals surface area contributed by atoms with Crippen LogP contribution in [-0.2, 0) is 0 Å². The zero-order valence-electron chi connectivity index (χ0n) is 13.4. The molecule has 3 rings (SSSR count). The van der Waals surface area contributed by atoms with Gasteiger partial charge in [-0.05, 0) is 55.7 Å². The van der Waals surface area contributed by atoms with E-state index in [9.17, 15) is 9.59 Å². The predicted octanol–water partition coefficient (Wildman–Crippen LogP) is 2.19. The molecule has 0 saturated heterocycles. The number of hydrogen-bond acceptors (Lipinski definition) is 3. The first-order valence-corrected chi connectivity index (χ1v) is 8.16. The monoisotopic (exact) mass is 327 g/mol. The maximum Gasteiger partial charge on any atom is 0.272 e. The molecule has 1 aliphatic carbocycles. The van der Waals surface area contributed by atoms with E-state index in [1.165, 1.54) is 0 Å². The van der Waals surface area contributed by atoms with Crippen molar-refractivity contribution in [3.8, 4) is 0 Å². The molecule has 1 fully saturated rings. The number of anilines is 1. The van der Waals surface area contributed by atoms with Gasteiger partial charge in [0.05, 0.1) is 0 Å². The summed E-state index contributed by atoms with van der Waals surface area (Å²) >= 11 is 0. The summed E-state index contributed by atoms with van der Waals surface area (Å²) < 4.78 is 2.01. The Hall–Kier alpha value is -2.60. The van der Waals surface area contributed by atoms with Crippen LogP contribution in [0, 0.1) is 0 Å². The van der Waals surface area contributed by atoms with Gasteiger partial charge in [0.25, 0.3) is 11.8 Å². The smallest absolute Gasteiger partial charge is 0.272 e. The Morgan fingerprint density at radius 3 is 2.54 bits per heavy atom. The standard InChI is InChI=1S/C18H21N3O3/c22-12-2-10-19-17(23)13-4-6-14(7-5-13)20-18(24)16-3-1-11-21(16)15-8-9-15/h1,3-7,11,15,22H,2,8-10,12H2,(H,19,23)(H,20,24). The number of nitrogens with zero attached hydrogens (tertiary/aromatic N) is 1. The maximum absolute atomic E-state index is 12.4. The van der Waals surface area contributed by atoms with Gasteiger partial charge in [-0.15, -0.1) is 0 Å². The molecular weight excluding hydrogens is 306 g/mol. The van der Waals surface area contributed by atoms with Crippen LogP contribution in [0.5, 0.6) is 0 Å². The van der Waals surface area contributed by atoms with Gasteiger partial charge >= 0.3 is 0 Å². The summed E-state index contributed by atoms with van der Waals surface area (Å²) in [5.74, 6) is -0.337. The van der Waals surface area contributed by atoms with Gasteiger partial charge in [0.1, 0.15) is 5.69 Å². The van der Waals surface area contributed by atoms with E-state index in [0.717, 1.165) is 12.8 Å². The fraction of sp³-hybridized carbons (Fsp3) is 0.333. The van der Waals surface area contributed by atoms with Crippen molar-refractivity contribution in [1.29, 1.82) is 0 Å². The Balaban J connectivity index is 1.60. The molecule has 1 heterocycles. The lowest BCUT2D eigenvalue weighted by molar-refractivity contribution is 0.0950. The number of aromatic nitrogens is 1. The van der Waals surface area contributed by atoms with Gasteiger partial charge in [0, 0.05) is 36.6 Å². The minimum atomic E-state index is -0.191. The summed E-state index contributed by atoms with van der Waals surface area (Å²) in [5, 5.41) is 14.3. The highest BCUT2D eigenvalue weighted by Gasteiger charge is 2.26. The normalized spacial score (nSPS) is 13.5. The van der Waals surface area contributed by atoms with Crippen LogP contribution in [0.25, 0.3) is 0 Å². The summed E-state index contributed by atoms with van der Waals surface area (Å²) in [6.07, 6.45) is 4.71. The molecule has 0 aliphatic heterocycles. The topological polar surface area (TPSA) is 83.4 Å². The van der Waals surface area contributed by atoms with Gasteiger partial charge in [-0.1, -0.05) is 0 Å². The van der Waals surface area contributed by atoms with Gasteiger partial charge in [-0.2, -0.15) is 0 Å². The van der Waals surface area contributed by atoms with E-state index in [4.69, 9.17) is 5.11 Å². The molecule has 1 aromatic heterocycles. The average molecular weight is 327 g/mol. The van der Waals surface area contributed by atoms with E-state index in [0.29, 0.717) is 36.0 Å². The van der Waals surface area contributed by atoms with Crippen molar-refractivity contribution in [3.05, 3.63) is 53.9 Å². The second kappa shape index (κ2) is 7.31. The number of nitrogens with one attached hydrogen (secondary N) is 2. The lowest BCUT2D eigenvalue weighted by atomic mass is 10.2. The van der Waals surface area contributed by atoms with Gasteiger partial charge in [0.2, 0.25) is 0 Å². The molecule has 0 bridgehead atoms. The third kappa shape index (κ3) is 3.83. The van der Waals surface area contributed by atoms with E-state index >= 15 is 0 Å². The van der Waals surface area contributed by atoms with Gasteiger partial charge in [0.15, 0.2) is 0 Å². The highest BCUT2D eigenvalue weighted by Crippen LogP contribution is 2.36. The third-order valence-corrected chi connectivity index (χ3v) is 3.98. The summed E-state index contributed by atoms with van der Waals surface area (Å²) in [5.41, 5.74) is 1.83. The predicted molar refractivity (Wildman–Crippen MR) is 91.1 cm³/mol. The summed E-state index contributed by atoms with van der Waals surface area (Å²) in [4.78, 5) is 24.3. The van der Waals surface area contributed by atoms with Crippen molar-refractivity contribution in [1.82, 2.24) is 9.88 Å². The van der Waals surface area contributed by atoms with Crippen LogP contribution in [0.4, 0.5) is 5.69 Å². The number of carbonyl (C=O) groups is 2. The van der Waals surface area contributed by atoms with Crippen LogP contribution in [0.1, 0.15) is 46.2 Å². The number of benzene rings is 1. The Morgan fingerprint density at radius 2 is 1.88 bits per heavy atom. The van der Waals surface area contributed by atoms with E-state index in [-0.39, 0.29) is 18.4 Å². The number of amides is 2. The molecule has 6 nitrogen and oxygen atoms in total. The highest BCUT2D eigenvalue weighted by molar-refractivity contribution is 6.03. The third-order valence-electron chi connectivity index (χ3n) is 3.98. The summed E-state index contributed by atoms with van der Waals surface area (Å²) in [6, 6.07) is 10.9. The number of aliphatic hydroxyl groups excluding tert-OH is 1. The highest BCUT2D eigenvalue weighted by atomic mass is 16.3. The van der Waals surface area contributed by atoms with Crippen molar-refractivity contribution in [2.75, 3.05) is 18.5 Å². The number of rotatable bonds is 7. The summed E-state index contributed by atoms with van der Waals surface area (Å²) in [7, 11) is 0. The fourth-order valence-corrected chi connectivity index (χ4v) is 2.54. The van der Waals surface area contributed by atoms with Crippen molar-refractivity contribution < 1.29 is 14.7 Å². The number of aliphatic hydroxyl groups is 1. The van der Waals surface area contributed by atoms with E-state index in [2.05, 4.69) is 10.6 Å². The van der Waals surface area contributed by atoms with Crippen molar-refractivity contribution in [2.45, 2.75) is 25.3 Å². The Kier molecular flexibility index (Phi) is 4.96. The van der Waals surface area contributed by atoms with Gasteiger partial charge in [-0.25, -0.2) is 0 Å². The fourth-order valence-electron chi connectivity index (χ4n) is 2.54. The van der Waals surface area contributed by atoms with Crippen LogP contribution in [0.15, 0.2) is 42.6 Å². The van der Waals surface area contributed by atoms with E-state index in [1.807, 2.05) is 22.9 Å². The molecule has 0 spiro atoms. The van der Waals surface area contributed by atoms with Crippen molar-refractivity contribution in [2.24, 2.45) is 0 Å². The molecule has 2 amide bonds. The van der Waals surface area contributed by atoms with Crippen LogP contribution >= 0.6 is 0 Å². The van der Waals surface area contributed by atoms with Crippen LogP contribution < -0.4 is 10.6 Å². The van der Waals surface area contributed by atoms with Crippen LogP contribution in [-0.4, -0.2) is 34.6 Å². The van der Waals surface area contributed by atoms with E-state index < -0.39 is 0 Å². The first-order valence-electron chi connectivity index (χ1n) is 8.16. The maximum atomic E-state index is 12.4. The molecule has 0 radical (unpaired) electrons. The first-order chi connectivity index (χ1) is 11.7. The molecule has 126 valence electrons. The second-order valence-corrected chi connectivity index (χ2v) is 5.90. The minimum Gasteiger partial charge on any atom is -0.396 e. The second-order valence-electron chi connectivity index (χ2n) is 5.90. The van der Waals surface area contributed by atoms with E-state index in [1.54, 1.807) is 24.3 Å². The molecule has 0 atom stereocenters. The average Bonchev–Trinajstić information content (AvgIpc) is 3.32. The molecule has 6 heteroatoms. The molecule has 0 unspecified atom stereocenters. The Bertz CT molecular complexity index is 717. The first kappa shape index (κ1) is 16.3. The Morgan fingerprint density at radius 1 is 1.12 bits per heavy atom.